The molecule has 23 heavy (non-hydrogen) atoms. The zero-order chi connectivity index (χ0) is 16.4. The van der Waals surface area contributed by atoms with Gasteiger partial charge >= 0.3 is 6.03 Å². The molecule has 0 spiro atoms. The SMILES string of the molecule is Cc1cc(C)n2nc(CNC(=O)Nc3ccccc3Cl)nc2n1. The molecule has 0 saturated carbocycles. The number of amides is 2. The third kappa shape index (κ3) is 3.40. The Bertz CT molecular complexity index is 876. The first-order valence-electron chi connectivity index (χ1n) is 7.02. The van der Waals surface area contributed by atoms with Gasteiger partial charge in [0.15, 0.2) is 5.82 Å². The quantitative estimate of drug-likeness (QED) is 0.773. The molecule has 0 unspecified atom stereocenters. The van der Waals surface area contributed by atoms with Crippen LogP contribution in [-0.4, -0.2) is 25.6 Å². The van der Waals surface area contributed by atoms with Crippen LogP contribution in [0.15, 0.2) is 30.3 Å². The Morgan fingerprint density at radius 3 is 2.83 bits per heavy atom. The maximum atomic E-state index is 11.9. The summed E-state index contributed by atoms with van der Waals surface area (Å²) in [5.41, 5.74) is 2.35. The van der Waals surface area contributed by atoms with Crippen LogP contribution in [-0.2, 0) is 6.54 Å². The van der Waals surface area contributed by atoms with Crippen molar-refractivity contribution in [3.8, 4) is 0 Å². The predicted molar refractivity (Wildman–Crippen MR) is 87.6 cm³/mol. The van der Waals surface area contributed by atoms with Gasteiger partial charge in [-0.25, -0.2) is 14.3 Å². The van der Waals surface area contributed by atoms with Gasteiger partial charge in [-0.15, -0.1) is 5.10 Å². The summed E-state index contributed by atoms with van der Waals surface area (Å²) in [5, 5.41) is 10.2. The van der Waals surface area contributed by atoms with E-state index >= 15 is 0 Å². The monoisotopic (exact) mass is 330 g/mol. The Kier molecular flexibility index (Phi) is 4.12. The molecule has 1 aromatic carbocycles. The van der Waals surface area contributed by atoms with Crippen molar-refractivity contribution in [3.63, 3.8) is 0 Å². The molecule has 3 aromatic rings. The molecular formula is C15H15ClN6O. The second kappa shape index (κ2) is 6.21. The highest BCUT2D eigenvalue weighted by Gasteiger charge is 2.10. The summed E-state index contributed by atoms with van der Waals surface area (Å²) >= 11 is 5.99. The molecule has 0 radical (unpaired) electrons. The molecule has 3 rings (SSSR count). The topological polar surface area (TPSA) is 84.2 Å². The number of para-hydroxylation sites is 1. The van der Waals surface area contributed by atoms with Crippen LogP contribution in [0, 0.1) is 13.8 Å². The number of anilines is 1. The first-order chi connectivity index (χ1) is 11.0. The van der Waals surface area contributed by atoms with E-state index in [0.717, 1.165) is 11.4 Å². The lowest BCUT2D eigenvalue weighted by atomic mass is 10.3. The van der Waals surface area contributed by atoms with Crippen molar-refractivity contribution in [1.82, 2.24) is 24.9 Å². The second-order valence-corrected chi connectivity index (χ2v) is 5.47. The van der Waals surface area contributed by atoms with Crippen molar-refractivity contribution in [2.45, 2.75) is 20.4 Å². The second-order valence-electron chi connectivity index (χ2n) is 5.07. The van der Waals surface area contributed by atoms with Crippen molar-refractivity contribution in [2.24, 2.45) is 0 Å². The van der Waals surface area contributed by atoms with E-state index in [4.69, 9.17) is 11.6 Å². The van der Waals surface area contributed by atoms with Gasteiger partial charge in [0.2, 0.25) is 0 Å². The minimum Gasteiger partial charge on any atom is -0.330 e. The Balaban J connectivity index is 1.67. The van der Waals surface area contributed by atoms with Gasteiger partial charge in [-0.05, 0) is 32.0 Å². The third-order valence-corrected chi connectivity index (χ3v) is 3.52. The van der Waals surface area contributed by atoms with Crippen LogP contribution >= 0.6 is 11.6 Å². The fourth-order valence-electron chi connectivity index (χ4n) is 2.17. The van der Waals surface area contributed by atoms with E-state index in [9.17, 15) is 4.79 Å². The smallest absolute Gasteiger partial charge is 0.319 e. The van der Waals surface area contributed by atoms with E-state index in [0.29, 0.717) is 22.3 Å². The largest absolute Gasteiger partial charge is 0.330 e. The molecule has 2 N–H and O–H groups in total. The lowest BCUT2D eigenvalue weighted by molar-refractivity contribution is 0.251. The van der Waals surface area contributed by atoms with Crippen molar-refractivity contribution in [2.75, 3.05) is 5.32 Å². The molecule has 8 heteroatoms. The van der Waals surface area contributed by atoms with Crippen LogP contribution in [0.3, 0.4) is 0 Å². The molecule has 0 bridgehead atoms. The third-order valence-electron chi connectivity index (χ3n) is 3.19. The number of carbonyl (C=O) groups excluding carboxylic acids is 1. The van der Waals surface area contributed by atoms with Gasteiger partial charge in [-0.2, -0.15) is 4.98 Å². The first kappa shape index (κ1) is 15.2. The fraction of sp³-hybridized carbons (Fsp3) is 0.200. The van der Waals surface area contributed by atoms with E-state index in [1.54, 1.807) is 28.8 Å². The lowest BCUT2D eigenvalue weighted by Gasteiger charge is -2.07. The summed E-state index contributed by atoms with van der Waals surface area (Å²) in [6, 6.07) is 8.56. The number of aromatic nitrogens is 4. The maximum Gasteiger partial charge on any atom is 0.319 e. The number of carbonyl (C=O) groups is 1. The van der Waals surface area contributed by atoms with Gasteiger partial charge < -0.3 is 10.6 Å². The molecule has 0 aliphatic heterocycles. The van der Waals surface area contributed by atoms with Gasteiger partial charge in [0.25, 0.3) is 5.78 Å². The Morgan fingerprint density at radius 2 is 2.04 bits per heavy atom. The van der Waals surface area contributed by atoms with E-state index in [2.05, 4.69) is 25.7 Å². The summed E-state index contributed by atoms with van der Waals surface area (Å²) < 4.78 is 1.65. The van der Waals surface area contributed by atoms with E-state index < -0.39 is 0 Å². The summed E-state index contributed by atoms with van der Waals surface area (Å²) in [7, 11) is 0. The van der Waals surface area contributed by atoms with E-state index in [-0.39, 0.29) is 12.6 Å². The number of hydrogen-bond donors (Lipinski definition) is 2. The number of hydrogen-bond acceptors (Lipinski definition) is 4. The van der Waals surface area contributed by atoms with E-state index in [1.165, 1.54) is 0 Å². The standard InChI is InChI=1S/C15H15ClN6O/c1-9-7-10(2)22-14(18-9)20-13(21-22)8-17-15(23)19-12-6-4-3-5-11(12)16/h3-7H,8H2,1-2H3,(H2,17,19,23). The van der Waals surface area contributed by atoms with Crippen LogP contribution < -0.4 is 10.6 Å². The van der Waals surface area contributed by atoms with Gasteiger partial charge in [0, 0.05) is 11.4 Å². The zero-order valence-corrected chi connectivity index (χ0v) is 13.4. The minimum atomic E-state index is -0.377. The Morgan fingerprint density at radius 1 is 1.26 bits per heavy atom. The number of urea groups is 1. The first-order valence-corrected chi connectivity index (χ1v) is 7.40. The van der Waals surface area contributed by atoms with Gasteiger partial charge in [-0.3, -0.25) is 0 Å². The van der Waals surface area contributed by atoms with Crippen molar-refractivity contribution < 1.29 is 4.79 Å². The molecule has 0 aliphatic carbocycles. The van der Waals surface area contributed by atoms with Crippen molar-refractivity contribution in [3.05, 3.63) is 52.6 Å². The Hall–Kier alpha value is -2.67. The summed E-state index contributed by atoms with van der Waals surface area (Å²) in [6.45, 7) is 4.02. The van der Waals surface area contributed by atoms with Crippen molar-refractivity contribution in [1.29, 1.82) is 0 Å². The number of nitrogens with one attached hydrogen (secondary N) is 2. The number of nitrogens with zero attached hydrogens (tertiary/aromatic N) is 4. The molecule has 0 aliphatic rings. The van der Waals surface area contributed by atoms with Crippen molar-refractivity contribution >= 4 is 29.1 Å². The van der Waals surface area contributed by atoms with Gasteiger partial charge in [0.1, 0.15) is 0 Å². The minimum absolute atomic E-state index is 0.193. The maximum absolute atomic E-state index is 11.9. The summed E-state index contributed by atoms with van der Waals surface area (Å²) in [6.07, 6.45) is 0. The molecule has 2 heterocycles. The summed E-state index contributed by atoms with van der Waals surface area (Å²) in [5.74, 6) is 1.01. The van der Waals surface area contributed by atoms with Crippen LogP contribution in [0.5, 0.6) is 0 Å². The normalized spacial score (nSPS) is 10.7. The molecule has 7 nitrogen and oxygen atoms in total. The molecule has 2 aromatic heterocycles. The Labute approximate surface area is 137 Å². The highest BCUT2D eigenvalue weighted by atomic mass is 35.5. The molecule has 2 amide bonds. The van der Waals surface area contributed by atoms with Crippen LogP contribution in [0.2, 0.25) is 5.02 Å². The fourth-order valence-corrected chi connectivity index (χ4v) is 2.35. The van der Waals surface area contributed by atoms with E-state index in [1.807, 2.05) is 19.9 Å². The predicted octanol–water partition coefficient (Wildman–Crippen LogP) is 2.72. The molecule has 0 saturated heterocycles. The van der Waals surface area contributed by atoms with Crippen LogP contribution in [0.25, 0.3) is 5.78 Å². The lowest BCUT2D eigenvalue weighted by Crippen LogP contribution is -2.28. The van der Waals surface area contributed by atoms with Crippen LogP contribution in [0.4, 0.5) is 10.5 Å². The zero-order valence-electron chi connectivity index (χ0n) is 12.7. The number of aryl methyl sites for hydroxylation is 2. The van der Waals surface area contributed by atoms with Crippen LogP contribution in [0.1, 0.15) is 17.2 Å². The molecule has 118 valence electrons. The number of halogens is 1. The number of benzene rings is 1. The average Bonchev–Trinajstić information content (AvgIpc) is 2.91. The van der Waals surface area contributed by atoms with Gasteiger partial charge in [-0.1, -0.05) is 23.7 Å². The number of fused-ring (bicyclic) bond motifs is 1. The highest BCUT2D eigenvalue weighted by Crippen LogP contribution is 2.20. The number of rotatable bonds is 3. The highest BCUT2D eigenvalue weighted by molar-refractivity contribution is 6.33. The molecular weight excluding hydrogens is 316 g/mol. The molecule has 0 fully saturated rings. The van der Waals surface area contributed by atoms with Gasteiger partial charge in [0.05, 0.1) is 17.3 Å². The summed E-state index contributed by atoms with van der Waals surface area (Å²) in [4.78, 5) is 20.5. The average molecular weight is 331 g/mol. The molecule has 0 atom stereocenters.